The largest absolute Gasteiger partial charge is 0.333 e. The first-order valence-electron chi connectivity index (χ1n) is 9.95. The summed E-state index contributed by atoms with van der Waals surface area (Å²) in [4.78, 5) is 27.7. The Balaban J connectivity index is 1.57. The molecule has 0 bridgehead atoms. The number of carbonyl (C=O) groups is 2. The molecule has 1 N–H and O–H groups in total. The lowest BCUT2D eigenvalue weighted by Crippen LogP contribution is -2.41. The molecule has 0 saturated heterocycles. The Kier molecular flexibility index (Phi) is 4.92. The van der Waals surface area contributed by atoms with Crippen LogP contribution in [-0.2, 0) is 0 Å². The quantitative estimate of drug-likeness (QED) is 0.783. The third-order valence-electron chi connectivity index (χ3n) is 5.77. The molecule has 0 aliphatic heterocycles. The molecule has 4 rings (SSSR count). The Labute approximate surface area is 164 Å². The lowest BCUT2D eigenvalue weighted by atomic mass is 10.1. The average molecular weight is 380 g/mol. The number of anilines is 1. The van der Waals surface area contributed by atoms with Gasteiger partial charge in [0.05, 0.1) is 5.56 Å². The van der Waals surface area contributed by atoms with Crippen LogP contribution < -0.4 is 5.32 Å². The van der Waals surface area contributed by atoms with Gasteiger partial charge in [0.25, 0.3) is 11.8 Å². The first-order chi connectivity index (χ1) is 13.5. The Morgan fingerprint density at radius 2 is 1.82 bits per heavy atom. The van der Waals surface area contributed by atoms with Crippen LogP contribution in [0, 0.1) is 18.7 Å². The molecule has 2 saturated carbocycles. The number of carbonyl (C=O) groups excluding carboxylic acids is 2. The highest BCUT2D eigenvalue weighted by molar-refractivity contribution is 6.05. The van der Waals surface area contributed by atoms with E-state index in [0.29, 0.717) is 23.2 Å². The van der Waals surface area contributed by atoms with Gasteiger partial charge in [-0.1, -0.05) is 18.2 Å². The zero-order valence-corrected chi connectivity index (χ0v) is 16.2. The maximum Gasteiger partial charge on any atom is 0.258 e. The fourth-order valence-electron chi connectivity index (χ4n) is 3.72. The van der Waals surface area contributed by atoms with Crippen LogP contribution in [0.4, 0.5) is 10.1 Å². The van der Waals surface area contributed by atoms with Gasteiger partial charge in [-0.2, -0.15) is 0 Å². The molecule has 1 atom stereocenters. The Hall–Kier alpha value is -2.69. The molecule has 5 heteroatoms. The molecular formula is C23H25FN2O2. The van der Waals surface area contributed by atoms with Crippen molar-refractivity contribution in [2.45, 2.75) is 51.6 Å². The predicted octanol–water partition coefficient (Wildman–Crippen LogP) is 4.79. The second-order valence-corrected chi connectivity index (χ2v) is 7.99. The lowest BCUT2D eigenvalue weighted by molar-refractivity contribution is 0.0654. The van der Waals surface area contributed by atoms with Crippen molar-refractivity contribution in [1.82, 2.24) is 4.90 Å². The van der Waals surface area contributed by atoms with Gasteiger partial charge in [0.15, 0.2) is 0 Å². The number of hydrogen-bond acceptors (Lipinski definition) is 2. The number of aryl methyl sites for hydroxylation is 1. The maximum atomic E-state index is 13.9. The summed E-state index contributed by atoms with van der Waals surface area (Å²) < 4.78 is 13.9. The van der Waals surface area contributed by atoms with E-state index in [4.69, 9.17) is 0 Å². The fraction of sp³-hybridized carbons (Fsp3) is 0.391. The molecule has 0 aromatic heterocycles. The fourth-order valence-corrected chi connectivity index (χ4v) is 3.72. The summed E-state index contributed by atoms with van der Waals surface area (Å²) in [5.74, 6) is -0.460. The molecule has 0 heterocycles. The first kappa shape index (κ1) is 18.7. The molecule has 2 aliphatic rings. The summed E-state index contributed by atoms with van der Waals surface area (Å²) >= 11 is 0. The molecule has 146 valence electrons. The first-order valence-corrected chi connectivity index (χ1v) is 9.95. The van der Waals surface area contributed by atoms with Crippen molar-refractivity contribution in [2.24, 2.45) is 5.92 Å². The molecule has 2 fully saturated rings. The number of nitrogens with one attached hydrogen (secondary N) is 1. The third kappa shape index (κ3) is 3.79. The highest BCUT2D eigenvalue weighted by atomic mass is 19.1. The van der Waals surface area contributed by atoms with E-state index in [1.165, 1.54) is 25.0 Å². The molecule has 0 radical (unpaired) electrons. The number of hydrogen-bond donors (Lipinski definition) is 1. The smallest absolute Gasteiger partial charge is 0.258 e. The molecule has 0 spiro atoms. The van der Waals surface area contributed by atoms with Gasteiger partial charge in [0.2, 0.25) is 0 Å². The minimum Gasteiger partial charge on any atom is -0.333 e. The number of amides is 2. The van der Waals surface area contributed by atoms with Gasteiger partial charge in [-0.3, -0.25) is 9.59 Å². The van der Waals surface area contributed by atoms with E-state index < -0.39 is 11.7 Å². The van der Waals surface area contributed by atoms with Crippen molar-refractivity contribution in [3.63, 3.8) is 0 Å². The van der Waals surface area contributed by atoms with Crippen molar-refractivity contribution < 1.29 is 14.0 Å². The van der Waals surface area contributed by atoms with Gasteiger partial charge in [0.1, 0.15) is 5.82 Å². The van der Waals surface area contributed by atoms with Crippen LogP contribution in [0.3, 0.4) is 0 Å². The zero-order chi connectivity index (χ0) is 19.8. The summed E-state index contributed by atoms with van der Waals surface area (Å²) in [6.45, 7) is 4.00. The summed E-state index contributed by atoms with van der Waals surface area (Å²) in [7, 11) is 0. The number of rotatable bonds is 6. The standard InChI is InChI=1S/C23H25FN2O2/c1-14-7-8-17(23(28)26(18-11-12-18)15(2)16-9-10-16)13-21(14)25-22(27)19-5-3-4-6-20(19)24/h3-8,13,15-16,18H,9-12H2,1-2H3,(H,25,27)/t15-/m0/s1. The molecule has 0 unspecified atom stereocenters. The molecule has 2 aliphatic carbocycles. The molecule has 2 aromatic rings. The molecular weight excluding hydrogens is 355 g/mol. The van der Waals surface area contributed by atoms with Crippen LogP contribution in [0.5, 0.6) is 0 Å². The summed E-state index contributed by atoms with van der Waals surface area (Å²) in [5, 5.41) is 2.76. The van der Waals surface area contributed by atoms with Crippen LogP contribution in [0.25, 0.3) is 0 Å². The van der Waals surface area contributed by atoms with Crippen LogP contribution in [0.2, 0.25) is 0 Å². The van der Waals surface area contributed by atoms with E-state index in [2.05, 4.69) is 12.2 Å². The SMILES string of the molecule is Cc1ccc(C(=O)N(C2CC2)[C@@H](C)C2CC2)cc1NC(=O)c1ccccc1F. The highest BCUT2D eigenvalue weighted by Crippen LogP contribution is 2.40. The van der Waals surface area contributed by atoms with E-state index in [1.54, 1.807) is 18.2 Å². The van der Waals surface area contributed by atoms with E-state index >= 15 is 0 Å². The van der Waals surface area contributed by atoms with Crippen LogP contribution in [0.15, 0.2) is 42.5 Å². The van der Waals surface area contributed by atoms with E-state index in [1.807, 2.05) is 24.0 Å². The Morgan fingerprint density at radius 3 is 2.46 bits per heavy atom. The van der Waals surface area contributed by atoms with Crippen molar-refractivity contribution in [2.75, 3.05) is 5.32 Å². The van der Waals surface area contributed by atoms with E-state index in [9.17, 15) is 14.0 Å². The average Bonchev–Trinajstić information content (AvgIpc) is 3.56. The number of nitrogens with zero attached hydrogens (tertiary/aromatic N) is 1. The summed E-state index contributed by atoms with van der Waals surface area (Å²) in [6, 6.07) is 11.8. The van der Waals surface area contributed by atoms with Gasteiger partial charge in [-0.05, 0) is 75.3 Å². The van der Waals surface area contributed by atoms with E-state index in [-0.39, 0.29) is 17.5 Å². The molecule has 4 nitrogen and oxygen atoms in total. The van der Waals surface area contributed by atoms with Gasteiger partial charge in [-0.15, -0.1) is 0 Å². The van der Waals surface area contributed by atoms with Crippen LogP contribution in [0.1, 0.15) is 58.9 Å². The van der Waals surface area contributed by atoms with Crippen molar-refractivity contribution >= 4 is 17.5 Å². The Bertz CT molecular complexity index is 919. The van der Waals surface area contributed by atoms with Crippen LogP contribution >= 0.6 is 0 Å². The zero-order valence-electron chi connectivity index (χ0n) is 16.2. The van der Waals surface area contributed by atoms with Crippen molar-refractivity contribution in [3.8, 4) is 0 Å². The normalized spacial score (nSPS) is 17.1. The molecule has 2 aromatic carbocycles. The Morgan fingerprint density at radius 1 is 1.11 bits per heavy atom. The van der Waals surface area contributed by atoms with Gasteiger partial charge in [0, 0.05) is 23.3 Å². The summed E-state index contributed by atoms with van der Waals surface area (Å²) in [6.07, 6.45) is 4.50. The minimum absolute atomic E-state index is 0.0133. The molecule has 28 heavy (non-hydrogen) atoms. The minimum atomic E-state index is -0.567. The predicted molar refractivity (Wildman–Crippen MR) is 107 cm³/mol. The monoisotopic (exact) mass is 380 g/mol. The van der Waals surface area contributed by atoms with Crippen LogP contribution in [-0.4, -0.2) is 28.8 Å². The summed E-state index contributed by atoms with van der Waals surface area (Å²) in [5.41, 5.74) is 1.91. The van der Waals surface area contributed by atoms with Crippen molar-refractivity contribution in [1.29, 1.82) is 0 Å². The maximum absolute atomic E-state index is 13.9. The number of halogens is 1. The lowest BCUT2D eigenvalue weighted by Gasteiger charge is -2.30. The molecule has 2 amide bonds. The van der Waals surface area contributed by atoms with Gasteiger partial charge >= 0.3 is 0 Å². The van der Waals surface area contributed by atoms with Gasteiger partial charge in [-0.25, -0.2) is 4.39 Å². The topological polar surface area (TPSA) is 49.4 Å². The number of benzene rings is 2. The third-order valence-corrected chi connectivity index (χ3v) is 5.77. The van der Waals surface area contributed by atoms with Crippen molar-refractivity contribution in [3.05, 3.63) is 65.0 Å². The van der Waals surface area contributed by atoms with Gasteiger partial charge < -0.3 is 10.2 Å². The second kappa shape index (κ2) is 7.38. The van der Waals surface area contributed by atoms with E-state index in [0.717, 1.165) is 18.4 Å². The second-order valence-electron chi connectivity index (χ2n) is 7.99. The highest BCUT2D eigenvalue weighted by Gasteiger charge is 2.41.